The van der Waals surface area contributed by atoms with Crippen LogP contribution in [0.3, 0.4) is 0 Å². The molecule has 2 amide bonds. The summed E-state index contributed by atoms with van der Waals surface area (Å²) in [5.41, 5.74) is -0.290. The Morgan fingerprint density at radius 2 is 1.91 bits per heavy atom. The first kappa shape index (κ1) is 18.3. The van der Waals surface area contributed by atoms with Gasteiger partial charge in [-0.05, 0) is 38.0 Å². The number of nitrogens with one attached hydrogen (secondary N) is 2. The predicted molar refractivity (Wildman–Crippen MR) is 80.5 cm³/mol. The lowest BCUT2D eigenvalue weighted by molar-refractivity contribution is -0.137. The van der Waals surface area contributed by atoms with Crippen LogP contribution in [0.25, 0.3) is 0 Å². The van der Waals surface area contributed by atoms with E-state index in [1.807, 2.05) is 6.92 Å². The first-order valence-electron chi connectivity index (χ1n) is 7.48. The van der Waals surface area contributed by atoms with Gasteiger partial charge in [-0.25, -0.2) is 4.79 Å². The quantitative estimate of drug-likeness (QED) is 0.788. The highest BCUT2D eigenvalue weighted by molar-refractivity contribution is 5.74. The molecule has 0 aliphatic rings. The van der Waals surface area contributed by atoms with E-state index in [1.165, 1.54) is 6.07 Å². The van der Waals surface area contributed by atoms with Crippen LogP contribution in [-0.4, -0.2) is 12.1 Å². The molecule has 2 N–H and O–H groups in total. The van der Waals surface area contributed by atoms with Crippen molar-refractivity contribution in [2.24, 2.45) is 0 Å². The van der Waals surface area contributed by atoms with Crippen LogP contribution in [0.1, 0.15) is 57.2 Å². The van der Waals surface area contributed by atoms with E-state index in [1.54, 1.807) is 13.0 Å². The number of unbranched alkanes of at least 4 members (excludes halogenated alkanes) is 1. The molecule has 0 spiro atoms. The average Bonchev–Trinajstić information content (AvgIpc) is 2.44. The van der Waals surface area contributed by atoms with Gasteiger partial charge < -0.3 is 10.6 Å². The summed E-state index contributed by atoms with van der Waals surface area (Å²) in [4.78, 5) is 11.8. The molecule has 3 nitrogen and oxygen atoms in total. The topological polar surface area (TPSA) is 41.1 Å². The number of rotatable bonds is 6. The molecule has 0 heterocycles. The van der Waals surface area contributed by atoms with Crippen molar-refractivity contribution in [3.63, 3.8) is 0 Å². The number of amides is 2. The minimum Gasteiger partial charge on any atom is -0.336 e. The zero-order valence-corrected chi connectivity index (χ0v) is 13.1. The molecule has 0 aliphatic heterocycles. The Kier molecular flexibility index (Phi) is 6.71. The van der Waals surface area contributed by atoms with Gasteiger partial charge in [-0.2, -0.15) is 13.2 Å². The van der Waals surface area contributed by atoms with Crippen molar-refractivity contribution in [3.05, 3.63) is 35.4 Å². The molecule has 0 saturated heterocycles. The molecule has 2 atom stereocenters. The molecule has 1 aromatic carbocycles. The van der Waals surface area contributed by atoms with E-state index in [0.29, 0.717) is 5.56 Å². The second-order valence-corrected chi connectivity index (χ2v) is 5.51. The zero-order valence-electron chi connectivity index (χ0n) is 13.1. The van der Waals surface area contributed by atoms with Crippen LogP contribution in [0.5, 0.6) is 0 Å². The van der Waals surface area contributed by atoms with Crippen molar-refractivity contribution in [1.29, 1.82) is 0 Å². The number of alkyl halides is 3. The van der Waals surface area contributed by atoms with Crippen LogP contribution in [0.2, 0.25) is 0 Å². The van der Waals surface area contributed by atoms with Gasteiger partial charge in [0.1, 0.15) is 0 Å². The molecule has 6 heteroatoms. The van der Waals surface area contributed by atoms with Gasteiger partial charge in [-0.3, -0.25) is 0 Å². The summed E-state index contributed by atoms with van der Waals surface area (Å²) >= 11 is 0. The maximum Gasteiger partial charge on any atom is 0.416 e. The minimum atomic E-state index is -4.38. The second-order valence-electron chi connectivity index (χ2n) is 5.51. The number of carbonyl (C=O) groups excluding carboxylic acids is 1. The van der Waals surface area contributed by atoms with Crippen molar-refractivity contribution in [1.82, 2.24) is 10.6 Å². The number of urea groups is 1. The zero-order chi connectivity index (χ0) is 16.8. The van der Waals surface area contributed by atoms with E-state index in [-0.39, 0.29) is 12.1 Å². The number of benzene rings is 1. The maximum atomic E-state index is 12.7. The first-order valence-corrected chi connectivity index (χ1v) is 7.48. The molecule has 2 unspecified atom stereocenters. The third-order valence-electron chi connectivity index (χ3n) is 3.43. The van der Waals surface area contributed by atoms with Crippen molar-refractivity contribution >= 4 is 6.03 Å². The molecule has 1 aromatic rings. The van der Waals surface area contributed by atoms with Gasteiger partial charge in [-0.15, -0.1) is 0 Å². The standard InChI is InChI=1S/C16H23F3N2O/c1-4-5-7-11(2)20-15(22)21-12(3)13-8-6-9-14(10-13)16(17,18)19/h6,8-12H,4-5,7H2,1-3H3,(H2,20,21,22). The number of hydrogen-bond acceptors (Lipinski definition) is 1. The Morgan fingerprint density at radius 3 is 2.50 bits per heavy atom. The minimum absolute atomic E-state index is 0.0358. The Bertz CT molecular complexity index is 489. The molecule has 124 valence electrons. The average molecular weight is 316 g/mol. The largest absolute Gasteiger partial charge is 0.416 e. The van der Waals surface area contributed by atoms with Crippen molar-refractivity contribution < 1.29 is 18.0 Å². The van der Waals surface area contributed by atoms with E-state index in [9.17, 15) is 18.0 Å². The lowest BCUT2D eigenvalue weighted by atomic mass is 10.1. The molecular weight excluding hydrogens is 293 g/mol. The van der Waals surface area contributed by atoms with Gasteiger partial charge in [0.15, 0.2) is 0 Å². The van der Waals surface area contributed by atoms with Crippen LogP contribution in [0.4, 0.5) is 18.0 Å². The van der Waals surface area contributed by atoms with Gasteiger partial charge in [-0.1, -0.05) is 31.9 Å². The summed E-state index contributed by atoms with van der Waals surface area (Å²) in [6.07, 6.45) is -1.44. The van der Waals surface area contributed by atoms with E-state index in [0.717, 1.165) is 31.4 Å². The van der Waals surface area contributed by atoms with Gasteiger partial charge in [0, 0.05) is 6.04 Å². The molecule has 0 fully saturated rings. The molecular formula is C16H23F3N2O. The van der Waals surface area contributed by atoms with Crippen LogP contribution >= 0.6 is 0 Å². The SMILES string of the molecule is CCCCC(C)NC(=O)NC(C)c1cccc(C(F)(F)F)c1. The summed E-state index contributed by atoms with van der Waals surface area (Å²) in [7, 11) is 0. The van der Waals surface area contributed by atoms with Gasteiger partial charge in [0.25, 0.3) is 0 Å². The van der Waals surface area contributed by atoms with Crippen molar-refractivity contribution in [2.45, 2.75) is 58.3 Å². The number of hydrogen-bond donors (Lipinski definition) is 2. The van der Waals surface area contributed by atoms with Crippen molar-refractivity contribution in [3.8, 4) is 0 Å². The Balaban J connectivity index is 2.61. The summed E-state index contributed by atoms with van der Waals surface area (Å²) < 4.78 is 38.1. The normalized spacial score (nSPS) is 14.3. The van der Waals surface area contributed by atoms with E-state index in [2.05, 4.69) is 17.6 Å². The van der Waals surface area contributed by atoms with Gasteiger partial charge >= 0.3 is 12.2 Å². The molecule has 0 aliphatic carbocycles. The third-order valence-corrected chi connectivity index (χ3v) is 3.43. The Morgan fingerprint density at radius 1 is 1.23 bits per heavy atom. The second kappa shape index (κ2) is 8.06. The number of carbonyl (C=O) groups is 1. The van der Waals surface area contributed by atoms with E-state index >= 15 is 0 Å². The molecule has 22 heavy (non-hydrogen) atoms. The first-order chi connectivity index (χ1) is 10.2. The highest BCUT2D eigenvalue weighted by Gasteiger charge is 2.30. The van der Waals surface area contributed by atoms with Gasteiger partial charge in [0.2, 0.25) is 0 Å². The summed E-state index contributed by atoms with van der Waals surface area (Å²) in [5, 5.41) is 5.45. The number of halogens is 3. The lowest BCUT2D eigenvalue weighted by Gasteiger charge is -2.19. The molecule has 0 saturated carbocycles. The van der Waals surface area contributed by atoms with E-state index in [4.69, 9.17) is 0 Å². The fourth-order valence-electron chi connectivity index (χ4n) is 2.11. The fourth-order valence-corrected chi connectivity index (χ4v) is 2.11. The molecule has 0 aromatic heterocycles. The Labute approximate surface area is 129 Å². The fraction of sp³-hybridized carbons (Fsp3) is 0.562. The highest BCUT2D eigenvalue weighted by Crippen LogP contribution is 2.30. The van der Waals surface area contributed by atoms with Crippen LogP contribution < -0.4 is 10.6 Å². The van der Waals surface area contributed by atoms with E-state index < -0.39 is 17.8 Å². The molecule has 0 bridgehead atoms. The van der Waals surface area contributed by atoms with Crippen LogP contribution in [0.15, 0.2) is 24.3 Å². The molecule has 0 radical (unpaired) electrons. The smallest absolute Gasteiger partial charge is 0.336 e. The monoisotopic (exact) mass is 316 g/mol. The summed E-state index contributed by atoms with van der Waals surface area (Å²) in [5.74, 6) is 0. The van der Waals surface area contributed by atoms with Gasteiger partial charge in [0.05, 0.1) is 11.6 Å². The third kappa shape index (κ3) is 5.95. The molecule has 1 rings (SSSR count). The highest BCUT2D eigenvalue weighted by atomic mass is 19.4. The van der Waals surface area contributed by atoms with Crippen LogP contribution in [0, 0.1) is 0 Å². The summed E-state index contributed by atoms with van der Waals surface area (Å²) in [6, 6.07) is 4.16. The maximum absolute atomic E-state index is 12.7. The predicted octanol–water partition coefficient (Wildman–Crippen LogP) is 4.64. The Hall–Kier alpha value is -1.72. The van der Waals surface area contributed by atoms with Crippen molar-refractivity contribution in [2.75, 3.05) is 0 Å². The lowest BCUT2D eigenvalue weighted by Crippen LogP contribution is -2.41. The summed E-state index contributed by atoms with van der Waals surface area (Å²) in [6.45, 7) is 5.64. The van der Waals surface area contributed by atoms with Crippen LogP contribution in [-0.2, 0) is 6.18 Å².